The van der Waals surface area contributed by atoms with Gasteiger partial charge in [0.05, 0.1) is 11.3 Å². The molecule has 1 aromatic rings. The number of rotatable bonds is 4. The molecule has 104 valence electrons. The summed E-state index contributed by atoms with van der Waals surface area (Å²) in [7, 11) is 0. The van der Waals surface area contributed by atoms with Crippen molar-refractivity contribution in [2.75, 3.05) is 12.0 Å². The quantitative estimate of drug-likeness (QED) is 0.659. The molecule has 3 N–H and O–H groups in total. The third-order valence-corrected chi connectivity index (χ3v) is 3.97. The van der Waals surface area contributed by atoms with Crippen molar-refractivity contribution in [1.29, 1.82) is 0 Å². The number of carbonyl (C=O) groups excluding carboxylic acids is 1. The van der Waals surface area contributed by atoms with Crippen LogP contribution in [0, 0.1) is 0 Å². The Balaban J connectivity index is 2.28. The van der Waals surface area contributed by atoms with Gasteiger partial charge >= 0.3 is 0 Å². The van der Waals surface area contributed by atoms with Crippen LogP contribution < -0.4 is 11.3 Å². The molecule has 1 aromatic carbocycles. The Hall–Kier alpha value is -1.26. The first-order chi connectivity index (χ1) is 9.17. The Morgan fingerprint density at radius 2 is 2.16 bits per heavy atom. The van der Waals surface area contributed by atoms with E-state index in [9.17, 15) is 4.79 Å². The SMILES string of the molecule is CCN(C(=O)c1cc(Cl)ccc1NN)C1CCCC1. The van der Waals surface area contributed by atoms with Gasteiger partial charge in [-0.1, -0.05) is 24.4 Å². The molecule has 0 unspecified atom stereocenters. The van der Waals surface area contributed by atoms with Gasteiger partial charge in [-0.2, -0.15) is 0 Å². The van der Waals surface area contributed by atoms with Gasteiger partial charge in [-0.25, -0.2) is 0 Å². The van der Waals surface area contributed by atoms with Crippen molar-refractivity contribution in [1.82, 2.24) is 4.90 Å². The average Bonchev–Trinajstić information content (AvgIpc) is 2.93. The van der Waals surface area contributed by atoms with Crippen LogP contribution in [0.15, 0.2) is 18.2 Å². The minimum absolute atomic E-state index is 0.00449. The molecule has 1 amide bonds. The minimum Gasteiger partial charge on any atom is -0.336 e. The Morgan fingerprint density at radius 1 is 1.47 bits per heavy atom. The van der Waals surface area contributed by atoms with E-state index in [4.69, 9.17) is 17.4 Å². The van der Waals surface area contributed by atoms with Crippen molar-refractivity contribution in [2.45, 2.75) is 38.6 Å². The Morgan fingerprint density at radius 3 is 2.74 bits per heavy atom. The lowest BCUT2D eigenvalue weighted by Gasteiger charge is -2.28. The number of hydrazine groups is 1. The van der Waals surface area contributed by atoms with Gasteiger partial charge in [-0.15, -0.1) is 0 Å². The highest BCUT2D eigenvalue weighted by molar-refractivity contribution is 6.31. The van der Waals surface area contributed by atoms with Crippen molar-refractivity contribution in [3.63, 3.8) is 0 Å². The molecule has 1 aliphatic rings. The van der Waals surface area contributed by atoms with E-state index in [1.165, 1.54) is 12.8 Å². The van der Waals surface area contributed by atoms with Crippen LogP contribution in [0.1, 0.15) is 43.0 Å². The second kappa shape index (κ2) is 6.26. The molecule has 0 heterocycles. The molecular formula is C14H20ClN3O. The number of anilines is 1. The van der Waals surface area contributed by atoms with E-state index < -0.39 is 0 Å². The van der Waals surface area contributed by atoms with Gasteiger partial charge in [-0.05, 0) is 38.0 Å². The molecule has 0 aromatic heterocycles. The molecule has 0 radical (unpaired) electrons. The first-order valence-corrected chi connectivity index (χ1v) is 7.12. The number of nitrogen functional groups attached to an aromatic ring is 1. The molecule has 19 heavy (non-hydrogen) atoms. The van der Waals surface area contributed by atoms with E-state index in [1.807, 2.05) is 11.8 Å². The fraction of sp³-hybridized carbons (Fsp3) is 0.500. The first kappa shape index (κ1) is 14.2. The topological polar surface area (TPSA) is 58.4 Å². The molecule has 0 spiro atoms. The van der Waals surface area contributed by atoms with Crippen molar-refractivity contribution in [3.8, 4) is 0 Å². The molecule has 0 atom stereocenters. The highest BCUT2D eigenvalue weighted by Crippen LogP contribution is 2.27. The summed E-state index contributed by atoms with van der Waals surface area (Å²) in [5, 5.41) is 0.546. The zero-order valence-electron chi connectivity index (χ0n) is 11.2. The van der Waals surface area contributed by atoms with Gasteiger partial charge in [0.25, 0.3) is 5.91 Å². The summed E-state index contributed by atoms with van der Waals surface area (Å²) in [5.74, 6) is 5.47. The van der Waals surface area contributed by atoms with E-state index in [2.05, 4.69) is 5.43 Å². The summed E-state index contributed by atoms with van der Waals surface area (Å²) in [6.45, 7) is 2.72. The van der Waals surface area contributed by atoms with Crippen LogP contribution in [0.3, 0.4) is 0 Å². The van der Waals surface area contributed by atoms with Crippen molar-refractivity contribution in [3.05, 3.63) is 28.8 Å². The molecule has 0 aliphatic heterocycles. The number of hydrogen-bond acceptors (Lipinski definition) is 3. The lowest BCUT2D eigenvalue weighted by molar-refractivity contribution is 0.0694. The zero-order valence-corrected chi connectivity index (χ0v) is 11.9. The predicted molar refractivity (Wildman–Crippen MR) is 78.2 cm³/mol. The Kier molecular flexibility index (Phi) is 4.66. The van der Waals surface area contributed by atoms with Crippen LogP contribution in [-0.4, -0.2) is 23.4 Å². The molecule has 5 heteroatoms. The smallest absolute Gasteiger partial charge is 0.256 e. The van der Waals surface area contributed by atoms with Gasteiger partial charge < -0.3 is 10.3 Å². The second-order valence-electron chi connectivity index (χ2n) is 4.86. The lowest BCUT2D eigenvalue weighted by Crippen LogP contribution is -2.39. The number of hydrogen-bond donors (Lipinski definition) is 2. The van der Waals surface area contributed by atoms with E-state index in [-0.39, 0.29) is 5.91 Å². The largest absolute Gasteiger partial charge is 0.336 e. The summed E-state index contributed by atoms with van der Waals surface area (Å²) in [6, 6.07) is 5.48. The molecule has 1 aliphatic carbocycles. The third-order valence-electron chi connectivity index (χ3n) is 3.73. The molecular weight excluding hydrogens is 262 g/mol. The van der Waals surface area contributed by atoms with Crippen LogP contribution >= 0.6 is 11.6 Å². The number of halogens is 1. The maximum absolute atomic E-state index is 12.7. The van der Waals surface area contributed by atoms with E-state index in [1.54, 1.807) is 18.2 Å². The fourth-order valence-electron chi connectivity index (χ4n) is 2.76. The van der Waals surface area contributed by atoms with Crippen LogP contribution in [0.25, 0.3) is 0 Å². The molecule has 0 saturated heterocycles. The molecule has 2 rings (SSSR count). The van der Waals surface area contributed by atoms with Gasteiger partial charge in [0.1, 0.15) is 0 Å². The van der Waals surface area contributed by atoms with Crippen LogP contribution in [0.2, 0.25) is 5.02 Å². The molecule has 1 saturated carbocycles. The summed E-state index contributed by atoms with van der Waals surface area (Å²) in [5.41, 5.74) is 3.73. The number of nitrogens with two attached hydrogens (primary N) is 1. The van der Waals surface area contributed by atoms with Gasteiger partial charge in [0.2, 0.25) is 0 Å². The fourth-order valence-corrected chi connectivity index (χ4v) is 2.93. The predicted octanol–water partition coefficient (Wildman–Crippen LogP) is 3.03. The Labute approximate surface area is 118 Å². The number of nitrogens with zero attached hydrogens (tertiary/aromatic N) is 1. The standard InChI is InChI=1S/C14H20ClN3O/c1-2-18(11-5-3-4-6-11)14(19)12-9-10(15)7-8-13(12)17-16/h7-9,11,17H,2-6,16H2,1H3. The summed E-state index contributed by atoms with van der Waals surface area (Å²) < 4.78 is 0. The number of benzene rings is 1. The van der Waals surface area contributed by atoms with E-state index >= 15 is 0 Å². The van der Waals surface area contributed by atoms with Crippen molar-refractivity contribution < 1.29 is 4.79 Å². The summed E-state index contributed by atoms with van der Waals surface area (Å²) in [4.78, 5) is 14.6. The zero-order chi connectivity index (χ0) is 13.8. The lowest BCUT2D eigenvalue weighted by atomic mass is 10.1. The maximum atomic E-state index is 12.7. The van der Waals surface area contributed by atoms with Crippen molar-refractivity contribution in [2.24, 2.45) is 5.84 Å². The summed E-state index contributed by atoms with van der Waals surface area (Å²) in [6.07, 6.45) is 4.58. The number of amides is 1. The third kappa shape index (κ3) is 3.01. The van der Waals surface area contributed by atoms with Crippen LogP contribution in [-0.2, 0) is 0 Å². The van der Waals surface area contributed by atoms with Crippen LogP contribution in [0.4, 0.5) is 5.69 Å². The maximum Gasteiger partial charge on any atom is 0.256 e. The van der Waals surface area contributed by atoms with E-state index in [0.717, 1.165) is 12.8 Å². The molecule has 4 nitrogen and oxygen atoms in total. The van der Waals surface area contributed by atoms with E-state index in [0.29, 0.717) is 28.9 Å². The van der Waals surface area contributed by atoms with Crippen molar-refractivity contribution >= 4 is 23.2 Å². The van der Waals surface area contributed by atoms with Crippen LogP contribution in [0.5, 0.6) is 0 Å². The average molecular weight is 282 g/mol. The van der Waals surface area contributed by atoms with Gasteiger partial charge in [0.15, 0.2) is 0 Å². The molecule has 1 fully saturated rings. The summed E-state index contributed by atoms with van der Waals surface area (Å²) >= 11 is 5.99. The van der Waals surface area contributed by atoms with Gasteiger partial charge in [0, 0.05) is 17.6 Å². The number of nitrogens with one attached hydrogen (secondary N) is 1. The molecule has 0 bridgehead atoms. The monoisotopic (exact) mass is 281 g/mol. The van der Waals surface area contributed by atoms with Gasteiger partial charge in [-0.3, -0.25) is 10.6 Å². The normalized spacial score (nSPS) is 15.5. The minimum atomic E-state index is 0.00449. The second-order valence-corrected chi connectivity index (χ2v) is 5.30. The first-order valence-electron chi connectivity index (χ1n) is 6.74. The Bertz CT molecular complexity index is 458. The highest BCUT2D eigenvalue weighted by Gasteiger charge is 2.27. The highest BCUT2D eigenvalue weighted by atomic mass is 35.5. The number of carbonyl (C=O) groups is 1.